The maximum Gasteiger partial charge on any atom is 0.171 e. The van der Waals surface area contributed by atoms with Gasteiger partial charge in [0.05, 0.1) is 0 Å². The number of hydrogen-bond acceptors (Lipinski definition) is 3. The van der Waals surface area contributed by atoms with E-state index in [4.69, 9.17) is 11.6 Å². The Kier molecular flexibility index (Phi) is 2.69. The Morgan fingerprint density at radius 3 is 2.65 bits per heavy atom. The van der Waals surface area contributed by atoms with E-state index in [1.807, 2.05) is 0 Å². The smallest absolute Gasteiger partial charge is 0.171 e. The molecule has 0 saturated heterocycles. The van der Waals surface area contributed by atoms with Crippen LogP contribution in [0.5, 0.6) is 0 Å². The lowest BCUT2D eigenvalue weighted by Crippen LogP contribution is -2.31. The first kappa shape index (κ1) is 10.5. The first-order chi connectivity index (χ1) is 8.34. The average molecular weight is 246 g/mol. The lowest BCUT2D eigenvalue weighted by atomic mass is 10.0. The first-order valence-electron chi connectivity index (χ1n) is 5.63. The first-order valence-corrected chi connectivity index (χ1v) is 6.00. The Bertz CT molecular complexity index is 542. The summed E-state index contributed by atoms with van der Waals surface area (Å²) in [4.78, 5) is 10.6. The molecule has 1 aromatic carbocycles. The molecule has 1 aliphatic heterocycles. The molecule has 0 unspecified atom stereocenters. The highest BCUT2D eigenvalue weighted by atomic mass is 35.5. The van der Waals surface area contributed by atoms with E-state index in [0.29, 0.717) is 5.15 Å². The fraction of sp³-hybridized carbons (Fsp3) is 0.231. The third-order valence-electron chi connectivity index (χ3n) is 3.07. The van der Waals surface area contributed by atoms with Crippen LogP contribution in [0, 0.1) is 0 Å². The van der Waals surface area contributed by atoms with Crippen LogP contribution < -0.4 is 4.90 Å². The van der Waals surface area contributed by atoms with Crippen LogP contribution in [0.4, 0.5) is 5.82 Å². The standard InChI is InChI=1S/C13H12ClN3/c14-12-13(16-7-6-15-12)17-8-5-10-3-1-2-4-11(10)9-17/h1-4,6-7H,5,8-9H2. The second-order valence-electron chi connectivity index (χ2n) is 4.11. The third-order valence-corrected chi connectivity index (χ3v) is 3.33. The molecule has 1 aromatic heterocycles. The molecular weight excluding hydrogens is 234 g/mol. The van der Waals surface area contributed by atoms with Crippen LogP contribution in [0.1, 0.15) is 11.1 Å². The van der Waals surface area contributed by atoms with Crippen molar-refractivity contribution < 1.29 is 0 Å². The van der Waals surface area contributed by atoms with Crippen LogP contribution in [0.3, 0.4) is 0 Å². The summed E-state index contributed by atoms with van der Waals surface area (Å²) in [7, 11) is 0. The number of aromatic nitrogens is 2. The predicted molar refractivity (Wildman–Crippen MR) is 68.2 cm³/mol. The zero-order valence-corrected chi connectivity index (χ0v) is 10.1. The van der Waals surface area contributed by atoms with E-state index in [9.17, 15) is 0 Å². The minimum absolute atomic E-state index is 0.479. The molecule has 0 saturated carbocycles. The van der Waals surface area contributed by atoms with E-state index in [-0.39, 0.29) is 0 Å². The molecule has 0 bridgehead atoms. The number of hydrogen-bond donors (Lipinski definition) is 0. The number of anilines is 1. The molecule has 2 heterocycles. The number of nitrogens with zero attached hydrogens (tertiary/aromatic N) is 3. The lowest BCUT2D eigenvalue weighted by Gasteiger charge is -2.29. The summed E-state index contributed by atoms with van der Waals surface area (Å²) in [5, 5.41) is 0.479. The van der Waals surface area contributed by atoms with Gasteiger partial charge in [-0.15, -0.1) is 0 Å². The van der Waals surface area contributed by atoms with Crippen molar-refractivity contribution in [2.45, 2.75) is 13.0 Å². The fourth-order valence-electron chi connectivity index (χ4n) is 2.20. The monoisotopic (exact) mass is 245 g/mol. The Labute approximate surface area is 105 Å². The van der Waals surface area contributed by atoms with Gasteiger partial charge >= 0.3 is 0 Å². The summed E-state index contributed by atoms with van der Waals surface area (Å²) < 4.78 is 0. The van der Waals surface area contributed by atoms with Crippen molar-refractivity contribution in [3.8, 4) is 0 Å². The van der Waals surface area contributed by atoms with Gasteiger partial charge in [0.25, 0.3) is 0 Å². The van der Waals surface area contributed by atoms with Crippen LogP contribution in [-0.2, 0) is 13.0 Å². The highest BCUT2D eigenvalue weighted by molar-refractivity contribution is 6.31. The van der Waals surface area contributed by atoms with Crippen LogP contribution >= 0.6 is 11.6 Å². The molecule has 2 aromatic rings. The maximum atomic E-state index is 6.07. The molecule has 86 valence electrons. The van der Waals surface area contributed by atoms with Gasteiger partial charge in [-0.05, 0) is 17.5 Å². The molecule has 4 heteroatoms. The van der Waals surface area contributed by atoms with E-state index in [0.717, 1.165) is 25.3 Å². The molecule has 0 spiro atoms. The summed E-state index contributed by atoms with van der Waals surface area (Å²) in [5.41, 5.74) is 2.77. The van der Waals surface area contributed by atoms with Crippen molar-refractivity contribution in [2.24, 2.45) is 0 Å². The number of benzene rings is 1. The topological polar surface area (TPSA) is 29.0 Å². The largest absolute Gasteiger partial charge is 0.349 e. The average Bonchev–Trinajstić information content (AvgIpc) is 2.39. The second kappa shape index (κ2) is 4.34. The Hall–Kier alpha value is -1.61. The normalized spacial score (nSPS) is 14.5. The highest BCUT2D eigenvalue weighted by Crippen LogP contribution is 2.26. The lowest BCUT2D eigenvalue weighted by molar-refractivity contribution is 0.719. The molecule has 3 rings (SSSR count). The van der Waals surface area contributed by atoms with Gasteiger partial charge in [-0.1, -0.05) is 35.9 Å². The molecule has 0 atom stereocenters. The Balaban J connectivity index is 1.92. The van der Waals surface area contributed by atoms with Crippen LogP contribution in [0.2, 0.25) is 5.15 Å². The van der Waals surface area contributed by atoms with Crippen LogP contribution in [0.15, 0.2) is 36.7 Å². The van der Waals surface area contributed by atoms with Crippen LogP contribution in [0.25, 0.3) is 0 Å². The summed E-state index contributed by atoms with van der Waals surface area (Å²) in [6.45, 7) is 1.80. The van der Waals surface area contributed by atoms with E-state index in [1.54, 1.807) is 12.4 Å². The van der Waals surface area contributed by atoms with Crippen molar-refractivity contribution in [1.29, 1.82) is 0 Å². The summed E-state index contributed by atoms with van der Waals surface area (Å²) in [5.74, 6) is 0.781. The molecule has 0 fully saturated rings. The van der Waals surface area contributed by atoms with E-state index < -0.39 is 0 Å². The predicted octanol–water partition coefficient (Wildman–Crippen LogP) is 2.69. The van der Waals surface area contributed by atoms with Gasteiger partial charge in [0, 0.05) is 25.5 Å². The molecular formula is C13H12ClN3. The van der Waals surface area contributed by atoms with Crippen molar-refractivity contribution in [2.75, 3.05) is 11.4 Å². The highest BCUT2D eigenvalue weighted by Gasteiger charge is 2.19. The van der Waals surface area contributed by atoms with Gasteiger partial charge in [0.15, 0.2) is 11.0 Å². The maximum absolute atomic E-state index is 6.07. The zero-order valence-electron chi connectivity index (χ0n) is 9.31. The number of rotatable bonds is 1. The van der Waals surface area contributed by atoms with Crippen molar-refractivity contribution in [3.05, 3.63) is 52.9 Å². The number of fused-ring (bicyclic) bond motifs is 1. The molecule has 0 radical (unpaired) electrons. The van der Waals surface area contributed by atoms with Gasteiger partial charge < -0.3 is 4.90 Å². The van der Waals surface area contributed by atoms with E-state index >= 15 is 0 Å². The molecule has 3 nitrogen and oxygen atoms in total. The van der Waals surface area contributed by atoms with Gasteiger partial charge in [0.2, 0.25) is 0 Å². The van der Waals surface area contributed by atoms with Gasteiger partial charge in [0.1, 0.15) is 0 Å². The molecule has 17 heavy (non-hydrogen) atoms. The summed E-state index contributed by atoms with van der Waals surface area (Å²) in [6, 6.07) is 8.50. The van der Waals surface area contributed by atoms with E-state index in [1.165, 1.54) is 11.1 Å². The summed E-state index contributed by atoms with van der Waals surface area (Å²) in [6.07, 6.45) is 4.33. The summed E-state index contributed by atoms with van der Waals surface area (Å²) >= 11 is 6.07. The third kappa shape index (κ3) is 1.98. The van der Waals surface area contributed by atoms with Crippen molar-refractivity contribution >= 4 is 17.4 Å². The second-order valence-corrected chi connectivity index (χ2v) is 4.47. The number of halogens is 1. The van der Waals surface area contributed by atoms with Gasteiger partial charge in [-0.3, -0.25) is 0 Å². The Morgan fingerprint density at radius 1 is 1.06 bits per heavy atom. The van der Waals surface area contributed by atoms with E-state index in [2.05, 4.69) is 39.1 Å². The fourth-order valence-corrected chi connectivity index (χ4v) is 2.43. The Morgan fingerprint density at radius 2 is 1.82 bits per heavy atom. The van der Waals surface area contributed by atoms with Crippen molar-refractivity contribution in [3.63, 3.8) is 0 Å². The van der Waals surface area contributed by atoms with Gasteiger partial charge in [-0.2, -0.15) is 0 Å². The minimum Gasteiger partial charge on any atom is -0.349 e. The SMILES string of the molecule is Clc1nccnc1N1CCc2ccccc2C1. The van der Waals surface area contributed by atoms with Crippen molar-refractivity contribution in [1.82, 2.24) is 9.97 Å². The quantitative estimate of drug-likeness (QED) is 0.774. The van der Waals surface area contributed by atoms with Crippen LogP contribution in [-0.4, -0.2) is 16.5 Å². The molecule has 0 N–H and O–H groups in total. The molecule has 1 aliphatic rings. The minimum atomic E-state index is 0.479. The van der Waals surface area contributed by atoms with Gasteiger partial charge in [-0.25, -0.2) is 9.97 Å². The molecule has 0 aliphatic carbocycles. The zero-order chi connectivity index (χ0) is 11.7. The molecule has 0 amide bonds.